The molecule has 0 aliphatic carbocycles. The van der Waals surface area contributed by atoms with Crippen molar-refractivity contribution in [1.82, 2.24) is 14.5 Å². The SMILES string of the molecule is CC(C)CC(C)(N)COc1ccc(-c2ncnc3c2ccn3C)cc1C#N. The summed E-state index contributed by atoms with van der Waals surface area (Å²) in [6.45, 7) is 6.59. The summed E-state index contributed by atoms with van der Waals surface area (Å²) >= 11 is 0. The predicted molar refractivity (Wildman–Crippen MR) is 106 cm³/mol. The maximum atomic E-state index is 9.58. The minimum Gasteiger partial charge on any atom is -0.490 e. The first-order valence-electron chi connectivity index (χ1n) is 9.03. The highest BCUT2D eigenvalue weighted by Gasteiger charge is 2.22. The molecule has 0 bridgehead atoms. The molecule has 2 heterocycles. The van der Waals surface area contributed by atoms with Gasteiger partial charge in [-0.1, -0.05) is 13.8 Å². The molecule has 0 amide bonds. The van der Waals surface area contributed by atoms with E-state index in [1.54, 1.807) is 12.4 Å². The molecular weight excluding hydrogens is 338 g/mol. The van der Waals surface area contributed by atoms with Gasteiger partial charge in [0.15, 0.2) is 0 Å². The van der Waals surface area contributed by atoms with Gasteiger partial charge < -0.3 is 15.0 Å². The van der Waals surface area contributed by atoms with Gasteiger partial charge in [0.2, 0.25) is 0 Å². The van der Waals surface area contributed by atoms with Gasteiger partial charge >= 0.3 is 0 Å². The maximum absolute atomic E-state index is 9.58. The number of benzene rings is 1. The van der Waals surface area contributed by atoms with E-state index in [0.29, 0.717) is 23.8 Å². The molecule has 2 aromatic heterocycles. The van der Waals surface area contributed by atoms with Crippen molar-refractivity contribution < 1.29 is 4.74 Å². The van der Waals surface area contributed by atoms with E-state index >= 15 is 0 Å². The number of hydrogen-bond acceptors (Lipinski definition) is 5. The number of rotatable bonds is 6. The third-order valence-corrected chi connectivity index (χ3v) is 4.47. The van der Waals surface area contributed by atoms with Crippen LogP contribution in [-0.2, 0) is 7.05 Å². The quantitative estimate of drug-likeness (QED) is 0.722. The number of aromatic nitrogens is 3. The molecule has 0 saturated heterocycles. The maximum Gasteiger partial charge on any atom is 0.143 e. The van der Waals surface area contributed by atoms with Gasteiger partial charge in [0, 0.05) is 29.7 Å². The number of fused-ring (bicyclic) bond motifs is 1. The van der Waals surface area contributed by atoms with E-state index in [9.17, 15) is 5.26 Å². The highest BCUT2D eigenvalue weighted by molar-refractivity contribution is 5.91. The van der Waals surface area contributed by atoms with Crippen molar-refractivity contribution in [1.29, 1.82) is 5.26 Å². The predicted octanol–water partition coefficient (Wildman–Crippen LogP) is 3.65. The fraction of sp³-hybridized carbons (Fsp3) is 0.381. The van der Waals surface area contributed by atoms with Crippen LogP contribution in [0.5, 0.6) is 5.75 Å². The summed E-state index contributed by atoms with van der Waals surface area (Å²) in [6, 6.07) is 9.74. The molecule has 0 saturated carbocycles. The third-order valence-electron chi connectivity index (χ3n) is 4.47. The second-order valence-corrected chi connectivity index (χ2v) is 7.75. The average Bonchev–Trinajstić information content (AvgIpc) is 3.00. The van der Waals surface area contributed by atoms with Crippen molar-refractivity contribution in [2.45, 2.75) is 32.7 Å². The Hall–Kier alpha value is -2.91. The Morgan fingerprint density at radius 2 is 2.07 bits per heavy atom. The molecular formula is C21H25N5O. The molecule has 0 spiro atoms. The van der Waals surface area contributed by atoms with Crippen LogP contribution in [0.25, 0.3) is 22.3 Å². The van der Waals surface area contributed by atoms with Gasteiger partial charge in [0.1, 0.15) is 30.4 Å². The molecule has 0 fully saturated rings. The molecule has 6 nitrogen and oxygen atoms in total. The summed E-state index contributed by atoms with van der Waals surface area (Å²) < 4.78 is 7.84. The molecule has 1 unspecified atom stereocenters. The second-order valence-electron chi connectivity index (χ2n) is 7.75. The zero-order chi connectivity index (χ0) is 19.6. The molecule has 2 N–H and O–H groups in total. The zero-order valence-electron chi connectivity index (χ0n) is 16.2. The summed E-state index contributed by atoms with van der Waals surface area (Å²) in [4.78, 5) is 8.73. The van der Waals surface area contributed by atoms with Crippen LogP contribution in [0.3, 0.4) is 0 Å². The lowest BCUT2D eigenvalue weighted by molar-refractivity contribution is 0.206. The molecule has 140 valence electrons. The van der Waals surface area contributed by atoms with Crippen molar-refractivity contribution in [3.63, 3.8) is 0 Å². The van der Waals surface area contributed by atoms with Crippen molar-refractivity contribution in [3.8, 4) is 23.1 Å². The lowest BCUT2D eigenvalue weighted by Crippen LogP contribution is -2.43. The Labute approximate surface area is 159 Å². The van der Waals surface area contributed by atoms with Crippen LogP contribution in [0, 0.1) is 17.2 Å². The minimum atomic E-state index is -0.442. The number of nitrogens with two attached hydrogens (primary N) is 1. The van der Waals surface area contributed by atoms with Crippen molar-refractivity contribution >= 4 is 11.0 Å². The van der Waals surface area contributed by atoms with Gasteiger partial charge in [-0.3, -0.25) is 0 Å². The van der Waals surface area contributed by atoms with Crippen LogP contribution in [0.4, 0.5) is 0 Å². The Balaban J connectivity index is 1.90. The lowest BCUT2D eigenvalue weighted by Gasteiger charge is -2.26. The van der Waals surface area contributed by atoms with Crippen LogP contribution in [0.2, 0.25) is 0 Å². The van der Waals surface area contributed by atoms with E-state index in [1.165, 1.54) is 0 Å². The molecule has 3 rings (SSSR count). The number of ether oxygens (including phenoxy) is 1. The number of hydrogen-bond donors (Lipinski definition) is 1. The van der Waals surface area contributed by atoms with E-state index in [1.807, 2.05) is 42.9 Å². The number of nitriles is 1. The van der Waals surface area contributed by atoms with Gasteiger partial charge in [0.05, 0.1) is 11.3 Å². The first-order valence-corrected chi connectivity index (χ1v) is 9.03. The summed E-state index contributed by atoms with van der Waals surface area (Å²) in [6.07, 6.45) is 4.34. The number of nitrogens with zero attached hydrogens (tertiary/aromatic N) is 4. The van der Waals surface area contributed by atoms with E-state index in [4.69, 9.17) is 10.5 Å². The standard InChI is InChI=1S/C21H25N5O/c1-14(2)10-21(3,23)12-27-18-6-5-15(9-16(18)11-22)19-17-7-8-26(4)20(17)25-13-24-19/h5-9,13-14H,10,12,23H2,1-4H3. The Morgan fingerprint density at radius 3 is 2.78 bits per heavy atom. The fourth-order valence-corrected chi connectivity index (χ4v) is 3.43. The summed E-state index contributed by atoms with van der Waals surface area (Å²) in [5.74, 6) is 1.02. The Bertz CT molecular complexity index is 997. The van der Waals surface area contributed by atoms with Crippen LogP contribution < -0.4 is 10.5 Å². The summed E-state index contributed by atoms with van der Waals surface area (Å²) in [7, 11) is 1.94. The largest absolute Gasteiger partial charge is 0.490 e. The van der Waals surface area contributed by atoms with E-state index < -0.39 is 5.54 Å². The molecule has 0 radical (unpaired) electrons. The molecule has 0 aliphatic rings. The van der Waals surface area contributed by atoms with Crippen molar-refractivity contribution in [2.75, 3.05) is 6.61 Å². The minimum absolute atomic E-state index is 0.357. The molecule has 27 heavy (non-hydrogen) atoms. The van der Waals surface area contributed by atoms with Crippen molar-refractivity contribution in [2.24, 2.45) is 18.7 Å². The third kappa shape index (κ3) is 4.09. The molecule has 3 aromatic rings. The smallest absolute Gasteiger partial charge is 0.143 e. The van der Waals surface area contributed by atoms with Gasteiger partial charge in [-0.05, 0) is 43.5 Å². The Morgan fingerprint density at radius 1 is 1.30 bits per heavy atom. The van der Waals surface area contributed by atoms with Crippen LogP contribution >= 0.6 is 0 Å². The molecule has 1 aromatic carbocycles. The van der Waals surface area contributed by atoms with Gasteiger partial charge in [-0.2, -0.15) is 5.26 Å². The van der Waals surface area contributed by atoms with Gasteiger partial charge in [0.25, 0.3) is 0 Å². The molecule has 6 heteroatoms. The van der Waals surface area contributed by atoms with Crippen LogP contribution in [0.15, 0.2) is 36.8 Å². The van der Waals surface area contributed by atoms with E-state index in [-0.39, 0.29) is 0 Å². The average molecular weight is 363 g/mol. The van der Waals surface area contributed by atoms with Gasteiger partial charge in [-0.25, -0.2) is 9.97 Å². The highest BCUT2D eigenvalue weighted by Crippen LogP contribution is 2.30. The van der Waals surface area contributed by atoms with Crippen LogP contribution in [0.1, 0.15) is 32.8 Å². The highest BCUT2D eigenvalue weighted by atomic mass is 16.5. The molecule has 1 atom stereocenters. The van der Waals surface area contributed by atoms with Crippen LogP contribution in [-0.4, -0.2) is 26.7 Å². The Kier molecular flexibility index (Phi) is 5.15. The summed E-state index contributed by atoms with van der Waals surface area (Å²) in [5.41, 5.74) is 8.85. The van der Waals surface area contributed by atoms with E-state index in [0.717, 1.165) is 28.7 Å². The summed E-state index contributed by atoms with van der Waals surface area (Å²) in [5, 5.41) is 10.5. The topological polar surface area (TPSA) is 89.8 Å². The van der Waals surface area contributed by atoms with Crippen molar-refractivity contribution in [3.05, 3.63) is 42.4 Å². The fourth-order valence-electron chi connectivity index (χ4n) is 3.43. The normalized spacial score (nSPS) is 13.5. The lowest BCUT2D eigenvalue weighted by atomic mass is 9.93. The van der Waals surface area contributed by atoms with Gasteiger partial charge in [-0.15, -0.1) is 0 Å². The second kappa shape index (κ2) is 7.37. The van der Waals surface area contributed by atoms with E-state index in [2.05, 4.69) is 29.9 Å². The molecule has 0 aliphatic heterocycles. The number of aryl methyl sites for hydroxylation is 1. The first-order chi connectivity index (χ1) is 12.8. The zero-order valence-corrected chi connectivity index (χ0v) is 16.2. The monoisotopic (exact) mass is 363 g/mol. The first kappa shape index (κ1) is 18.9.